The predicted octanol–water partition coefficient (Wildman–Crippen LogP) is 4.23. The third-order valence-corrected chi connectivity index (χ3v) is 5.48. The Morgan fingerprint density at radius 1 is 1.15 bits per heavy atom. The van der Waals surface area contributed by atoms with Crippen molar-refractivity contribution in [1.29, 1.82) is 0 Å². The highest BCUT2D eigenvalue weighted by atomic mass is 35.5. The van der Waals surface area contributed by atoms with Gasteiger partial charge in [-0.3, -0.25) is 9.52 Å². The van der Waals surface area contributed by atoms with E-state index in [0.717, 1.165) is 12.0 Å². The molecule has 0 aliphatic heterocycles. The molecule has 1 amide bonds. The zero-order chi connectivity index (χ0) is 19.3. The summed E-state index contributed by atoms with van der Waals surface area (Å²) in [7, 11) is -3.83. The number of benzene rings is 2. The third-order valence-electron chi connectivity index (χ3n) is 3.77. The van der Waals surface area contributed by atoms with Gasteiger partial charge in [-0.25, -0.2) is 8.42 Å². The van der Waals surface area contributed by atoms with Gasteiger partial charge in [0, 0.05) is 12.2 Å². The lowest BCUT2D eigenvalue weighted by molar-refractivity contribution is 0.0952. The second-order valence-corrected chi connectivity index (χ2v) is 8.64. The normalized spacial score (nSPS) is 11.4. The van der Waals surface area contributed by atoms with Crippen molar-refractivity contribution in [3.8, 4) is 0 Å². The number of aryl methyl sites for hydroxylation is 1. The van der Waals surface area contributed by atoms with Crippen LogP contribution in [0.3, 0.4) is 0 Å². The van der Waals surface area contributed by atoms with E-state index in [-0.39, 0.29) is 21.4 Å². The van der Waals surface area contributed by atoms with Crippen molar-refractivity contribution in [2.24, 2.45) is 5.92 Å². The van der Waals surface area contributed by atoms with Crippen molar-refractivity contribution >= 4 is 33.2 Å². The number of carbonyl (C=O) groups excluding carboxylic acids is 1. The van der Waals surface area contributed by atoms with Crippen LogP contribution in [0.4, 0.5) is 5.69 Å². The van der Waals surface area contributed by atoms with E-state index in [1.807, 2.05) is 13.0 Å². The van der Waals surface area contributed by atoms with Crippen molar-refractivity contribution in [3.63, 3.8) is 0 Å². The van der Waals surface area contributed by atoms with E-state index in [1.54, 1.807) is 18.2 Å². The molecule has 0 radical (unpaired) electrons. The molecule has 2 N–H and O–H groups in total. The Morgan fingerprint density at radius 2 is 1.88 bits per heavy atom. The molecule has 0 saturated heterocycles. The number of sulfonamides is 1. The summed E-state index contributed by atoms with van der Waals surface area (Å²) in [6.07, 6.45) is 0.830. The molecule has 2 aromatic carbocycles. The average Bonchev–Trinajstić information content (AvgIpc) is 2.54. The van der Waals surface area contributed by atoms with Gasteiger partial charge in [0.05, 0.1) is 15.5 Å². The highest BCUT2D eigenvalue weighted by Gasteiger charge is 2.19. The molecule has 0 aliphatic carbocycles. The molecule has 0 spiro atoms. The maximum absolute atomic E-state index is 12.6. The fourth-order valence-corrected chi connectivity index (χ4v) is 3.62. The molecule has 2 aromatic rings. The summed E-state index contributed by atoms with van der Waals surface area (Å²) in [6, 6.07) is 11.1. The summed E-state index contributed by atoms with van der Waals surface area (Å²) in [6.45, 7) is 6.50. The number of amides is 1. The minimum atomic E-state index is -3.83. The molecule has 2 rings (SSSR count). The number of halogens is 1. The maximum Gasteiger partial charge on any atom is 0.261 e. The summed E-state index contributed by atoms with van der Waals surface area (Å²) in [5, 5.41) is 2.98. The SMILES string of the molecule is Cc1cccc(NS(=O)(=O)c2ccc(Cl)c(C(=O)NCCC(C)C)c2)c1. The van der Waals surface area contributed by atoms with Crippen LogP contribution < -0.4 is 10.0 Å². The number of rotatable bonds is 7. The van der Waals surface area contributed by atoms with E-state index < -0.39 is 10.0 Å². The monoisotopic (exact) mass is 394 g/mol. The smallest absolute Gasteiger partial charge is 0.261 e. The van der Waals surface area contributed by atoms with E-state index in [0.29, 0.717) is 18.2 Å². The van der Waals surface area contributed by atoms with Crippen molar-refractivity contribution in [2.45, 2.75) is 32.1 Å². The summed E-state index contributed by atoms with van der Waals surface area (Å²) in [4.78, 5) is 12.3. The predicted molar refractivity (Wildman–Crippen MR) is 105 cm³/mol. The van der Waals surface area contributed by atoms with Crippen LogP contribution in [0.2, 0.25) is 5.02 Å². The van der Waals surface area contributed by atoms with Crippen molar-refractivity contribution in [2.75, 3.05) is 11.3 Å². The Morgan fingerprint density at radius 3 is 2.54 bits per heavy atom. The first-order chi connectivity index (χ1) is 12.2. The molecule has 0 saturated carbocycles. The Hall–Kier alpha value is -2.05. The molecular formula is C19H23ClN2O3S. The Balaban J connectivity index is 2.23. The molecule has 140 valence electrons. The molecule has 0 aromatic heterocycles. The van der Waals surface area contributed by atoms with Gasteiger partial charge in [-0.15, -0.1) is 0 Å². The standard InChI is InChI=1S/C19H23ClN2O3S/c1-13(2)9-10-21-19(23)17-12-16(7-8-18(17)20)26(24,25)22-15-6-4-5-14(3)11-15/h4-8,11-13,22H,9-10H2,1-3H3,(H,21,23). The topological polar surface area (TPSA) is 75.3 Å². The second-order valence-electron chi connectivity index (χ2n) is 6.56. The molecule has 0 atom stereocenters. The van der Waals surface area contributed by atoms with Crippen LogP contribution in [0.5, 0.6) is 0 Å². The number of hydrogen-bond donors (Lipinski definition) is 2. The van der Waals surface area contributed by atoms with Crippen LogP contribution in [0.15, 0.2) is 47.4 Å². The first-order valence-corrected chi connectivity index (χ1v) is 10.2. The van der Waals surface area contributed by atoms with Crippen molar-refractivity contribution in [1.82, 2.24) is 5.32 Å². The van der Waals surface area contributed by atoms with E-state index >= 15 is 0 Å². The highest BCUT2D eigenvalue weighted by molar-refractivity contribution is 7.92. The Kier molecular flexibility index (Phi) is 6.67. The Labute approximate surface area is 159 Å². The van der Waals surface area contributed by atoms with Crippen LogP contribution in [0.1, 0.15) is 36.2 Å². The van der Waals surface area contributed by atoms with Gasteiger partial charge in [0.1, 0.15) is 0 Å². The molecular weight excluding hydrogens is 372 g/mol. The molecule has 0 unspecified atom stereocenters. The van der Waals surface area contributed by atoms with Crippen LogP contribution in [0.25, 0.3) is 0 Å². The summed E-state index contributed by atoms with van der Waals surface area (Å²) >= 11 is 6.09. The maximum atomic E-state index is 12.6. The molecule has 0 aliphatic rings. The van der Waals surface area contributed by atoms with E-state index in [4.69, 9.17) is 11.6 Å². The van der Waals surface area contributed by atoms with Crippen molar-refractivity contribution < 1.29 is 13.2 Å². The molecule has 7 heteroatoms. The first-order valence-electron chi connectivity index (χ1n) is 8.36. The lowest BCUT2D eigenvalue weighted by atomic mass is 10.1. The molecule has 0 fully saturated rings. The zero-order valence-electron chi connectivity index (χ0n) is 15.0. The Bertz CT molecular complexity index is 895. The lowest BCUT2D eigenvalue weighted by Crippen LogP contribution is -2.26. The zero-order valence-corrected chi connectivity index (χ0v) is 16.6. The highest BCUT2D eigenvalue weighted by Crippen LogP contribution is 2.23. The van der Waals surface area contributed by atoms with Gasteiger partial charge in [0.25, 0.3) is 15.9 Å². The van der Waals surface area contributed by atoms with Crippen LogP contribution in [-0.2, 0) is 10.0 Å². The average molecular weight is 395 g/mol. The number of anilines is 1. The fraction of sp³-hybridized carbons (Fsp3) is 0.316. The van der Waals surface area contributed by atoms with Gasteiger partial charge < -0.3 is 5.32 Å². The lowest BCUT2D eigenvalue weighted by Gasteiger charge is -2.12. The van der Waals surface area contributed by atoms with Gasteiger partial charge in [0.15, 0.2) is 0 Å². The molecule has 5 nitrogen and oxygen atoms in total. The third kappa shape index (κ3) is 5.47. The van der Waals surface area contributed by atoms with E-state index in [1.165, 1.54) is 18.2 Å². The fourth-order valence-electron chi connectivity index (χ4n) is 2.34. The van der Waals surface area contributed by atoms with Crippen LogP contribution in [0, 0.1) is 12.8 Å². The van der Waals surface area contributed by atoms with E-state index in [2.05, 4.69) is 23.9 Å². The minimum Gasteiger partial charge on any atom is -0.352 e. The van der Waals surface area contributed by atoms with E-state index in [9.17, 15) is 13.2 Å². The molecule has 0 heterocycles. The quantitative estimate of drug-likeness (QED) is 0.738. The summed E-state index contributed by atoms with van der Waals surface area (Å²) in [5.74, 6) is 0.0688. The van der Waals surface area contributed by atoms with Gasteiger partial charge >= 0.3 is 0 Å². The van der Waals surface area contributed by atoms with Gasteiger partial charge in [0.2, 0.25) is 0 Å². The van der Waals surface area contributed by atoms with Gasteiger partial charge in [-0.2, -0.15) is 0 Å². The van der Waals surface area contributed by atoms with Gasteiger partial charge in [-0.1, -0.05) is 37.6 Å². The van der Waals surface area contributed by atoms with Gasteiger partial charge in [-0.05, 0) is 55.2 Å². The number of hydrogen-bond acceptors (Lipinski definition) is 3. The molecule has 0 bridgehead atoms. The largest absolute Gasteiger partial charge is 0.352 e. The summed E-state index contributed by atoms with van der Waals surface area (Å²) < 4.78 is 27.7. The number of nitrogens with one attached hydrogen (secondary N) is 2. The summed E-state index contributed by atoms with van der Waals surface area (Å²) in [5.41, 5.74) is 1.54. The minimum absolute atomic E-state index is 0.0163. The second kappa shape index (κ2) is 8.56. The van der Waals surface area contributed by atoms with Crippen molar-refractivity contribution in [3.05, 3.63) is 58.6 Å². The number of carbonyl (C=O) groups is 1. The molecule has 26 heavy (non-hydrogen) atoms. The first kappa shape index (κ1) is 20.3. The van der Waals surface area contributed by atoms with Crippen LogP contribution in [-0.4, -0.2) is 20.9 Å². The van der Waals surface area contributed by atoms with Crippen LogP contribution >= 0.6 is 11.6 Å².